The van der Waals surface area contributed by atoms with Crippen molar-refractivity contribution in [3.8, 4) is 17.2 Å². The van der Waals surface area contributed by atoms with Gasteiger partial charge in [-0.25, -0.2) is 0 Å². The monoisotopic (exact) mass is 332 g/mol. The van der Waals surface area contributed by atoms with E-state index in [-0.39, 0.29) is 11.3 Å². The van der Waals surface area contributed by atoms with Gasteiger partial charge in [0.15, 0.2) is 5.76 Å². The van der Waals surface area contributed by atoms with Gasteiger partial charge in [-0.15, -0.1) is 0 Å². The smallest absolute Gasteiger partial charge is 0.303 e. The first-order valence-corrected chi connectivity index (χ1v) is 7.78. The van der Waals surface area contributed by atoms with Crippen LogP contribution in [-0.4, -0.2) is 16.0 Å². The van der Waals surface area contributed by atoms with E-state index in [2.05, 4.69) is 0 Å². The van der Waals surface area contributed by atoms with Gasteiger partial charge in [0, 0.05) is 0 Å². The maximum atomic E-state index is 12.3. The third-order valence-corrected chi connectivity index (χ3v) is 4.56. The number of ether oxygens (including phenoxy) is 2. The topological polar surface area (TPSA) is 76.0 Å². The predicted octanol–water partition coefficient (Wildman–Crippen LogP) is 3.81. The van der Waals surface area contributed by atoms with Crippen molar-refractivity contribution >= 4 is 16.6 Å². The number of aliphatic hydroxyl groups is 1. The number of carbonyl (C=O) groups excluding carboxylic acids is 1. The number of aromatic hydroxyl groups is 1. The van der Waals surface area contributed by atoms with E-state index in [0.717, 1.165) is 10.8 Å². The lowest BCUT2D eigenvalue weighted by Gasteiger charge is -2.39. The molecule has 2 N–H and O–H groups in total. The number of aliphatic hydroxyl groups excluding tert-OH is 1. The Morgan fingerprint density at radius 3 is 2.16 bits per heavy atom. The van der Waals surface area contributed by atoms with Gasteiger partial charge in [0.05, 0.1) is 22.6 Å². The normalized spacial score (nSPS) is 16.8. The molecule has 0 radical (unpaired) electrons. The predicted molar refractivity (Wildman–Crippen MR) is 90.0 cm³/mol. The molecular formula is C20H12O5. The molecule has 0 atom stereocenters. The molecule has 122 valence electrons. The van der Waals surface area contributed by atoms with Crippen LogP contribution in [0, 0.1) is 0 Å². The molecule has 0 unspecified atom stereocenters. The Labute approximate surface area is 142 Å². The number of fused-ring (bicyclic) bond motifs is 2. The van der Waals surface area contributed by atoms with Gasteiger partial charge < -0.3 is 19.7 Å². The van der Waals surface area contributed by atoms with Crippen LogP contribution >= 0.6 is 0 Å². The van der Waals surface area contributed by atoms with Crippen LogP contribution < -0.4 is 9.47 Å². The molecule has 1 heterocycles. The molecule has 5 rings (SSSR count). The molecule has 0 bridgehead atoms. The van der Waals surface area contributed by atoms with Gasteiger partial charge in [-0.3, -0.25) is 4.79 Å². The van der Waals surface area contributed by atoms with Crippen molar-refractivity contribution in [3.05, 3.63) is 77.6 Å². The van der Waals surface area contributed by atoms with Crippen LogP contribution in [-0.2, 0) is 5.79 Å². The second-order valence-electron chi connectivity index (χ2n) is 6.04. The van der Waals surface area contributed by atoms with Crippen LogP contribution in [0.15, 0.2) is 66.4 Å². The van der Waals surface area contributed by atoms with E-state index in [4.69, 9.17) is 9.47 Å². The SMILES string of the molecule is O=C1C(O)=CC2(Oc3cccc4cccc(c34)O2)c2cccc(O)c21. The lowest BCUT2D eigenvalue weighted by Crippen LogP contribution is -2.43. The molecule has 1 aliphatic heterocycles. The molecule has 3 aromatic rings. The van der Waals surface area contributed by atoms with Gasteiger partial charge in [-0.05, 0) is 29.7 Å². The Balaban J connectivity index is 1.81. The molecule has 0 fully saturated rings. The van der Waals surface area contributed by atoms with Crippen molar-refractivity contribution in [3.63, 3.8) is 0 Å². The largest absolute Gasteiger partial charge is 0.507 e. The summed E-state index contributed by atoms with van der Waals surface area (Å²) in [6, 6.07) is 15.9. The third-order valence-electron chi connectivity index (χ3n) is 4.56. The van der Waals surface area contributed by atoms with Crippen molar-refractivity contribution in [2.24, 2.45) is 0 Å². The van der Waals surface area contributed by atoms with E-state index in [0.29, 0.717) is 17.1 Å². The minimum Gasteiger partial charge on any atom is -0.507 e. The zero-order valence-corrected chi connectivity index (χ0v) is 12.9. The summed E-state index contributed by atoms with van der Waals surface area (Å²) in [6.07, 6.45) is 1.24. The number of phenols is 1. The van der Waals surface area contributed by atoms with E-state index in [1.165, 1.54) is 12.1 Å². The quantitative estimate of drug-likeness (QED) is 0.655. The average molecular weight is 332 g/mol. The maximum absolute atomic E-state index is 12.3. The molecular weight excluding hydrogens is 320 g/mol. The summed E-state index contributed by atoms with van der Waals surface area (Å²) >= 11 is 0. The number of carbonyl (C=O) groups is 1. The second kappa shape index (κ2) is 4.54. The molecule has 0 aromatic heterocycles. The number of allylic oxidation sites excluding steroid dienone is 1. The molecule has 1 spiro atoms. The van der Waals surface area contributed by atoms with Crippen molar-refractivity contribution in [1.29, 1.82) is 0 Å². The summed E-state index contributed by atoms with van der Waals surface area (Å²) in [5.74, 6) is -1.79. The van der Waals surface area contributed by atoms with Crippen molar-refractivity contribution in [2.75, 3.05) is 0 Å². The van der Waals surface area contributed by atoms with E-state index in [1.54, 1.807) is 24.3 Å². The van der Waals surface area contributed by atoms with Crippen molar-refractivity contribution in [1.82, 2.24) is 0 Å². The Morgan fingerprint density at radius 2 is 1.48 bits per heavy atom. The van der Waals surface area contributed by atoms with Crippen LogP contribution in [0.1, 0.15) is 15.9 Å². The molecule has 0 saturated heterocycles. The first-order valence-electron chi connectivity index (χ1n) is 7.78. The molecule has 5 heteroatoms. The van der Waals surface area contributed by atoms with Crippen LogP contribution in [0.4, 0.5) is 0 Å². The zero-order chi connectivity index (χ0) is 17.2. The van der Waals surface area contributed by atoms with Crippen LogP contribution in [0.3, 0.4) is 0 Å². The Bertz CT molecular complexity index is 1060. The van der Waals surface area contributed by atoms with E-state index >= 15 is 0 Å². The number of Topliss-reactive ketones (excluding diaryl/α,β-unsaturated/α-hetero) is 1. The second-order valence-corrected chi connectivity index (χ2v) is 6.04. The number of hydrogen-bond donors (Lipinski definition) is 2. The highest BCUT2D eigenvalue weighted by atomic mass is 16.7. The molecule has 0 saturated carbocycles. The number of benzene rings is 3. The molecule has 3 aromatic carbocycles. The molecule has 2 aliphatic rings. The summed E-state index contributed by atoms with van der Waals surface area (Å²) in [6.45, 7) is 0. The highest BCUT2D eigenvalue weighted by Gasteiger charge is 2.47. The number of hydrogen-bond acceptors (Lipinski definition) is 5. The summed E-state index contributed by atoms with van der Waals surface area (Å²) in [5, 5.41) is 22.1. The van der Waals surface area contributed by atoms with E-state index in [1.807, 2.05) is 24.3 Å². The Kier molecular flexibility index (Phi) is 2.53. The molecule has 5 nitrogen and oxygen atoms in total. The molecule has 1 aliphatic carbocycles. The Hall–Kier alpha value is -3.47. The highest BCUT2D eigenvalue weighted by molar-refractivity contribution is 6.11. The fourth-order valence-corrected chi connectivity index (χ4v) is 3.48. The lowest BCUT2D eigenvalue weighted by atomic mass is 9.88. The average Bonchev–Trinajstić information content (AvgIpc) is 2.60. The van der Waals surface area contributed by atoms with Crippen molar-refractivity contribution < 1.29 is 24.5 Å². The minimum atomic E-state index is -1.52. The van der Waals surface area contributed by atoms with Gasteiger partial charge >= 0.3 is 5.79 Å². The first kappa shape index (κ1) is 13.9. The highest BCUT2D eigenvalue weighted by Crippen LogP contribution is 2.48. The van der Waals surface area contributed by atoms with Gasteiger partial charge in [-0.1, -0.05) is 30.3 Å². The fraction of sp³-hybridized carbons (Fsp3) is 0.0500. The fourth-order valence-electron chi connectivity index (χ4n) is 3.48. The van der Waals surface area contributed by atoms with Crippen LogP contribution in [0.2, 0.25) is 0 Å². The van der Waals surface area contributed by atoms with Gasteiger partial charge in [0.2, 0.25) is 5.78 Å². The summed E-state index contributed by atoms with van der Waals surface area (Å²) in [7, 11) is 0. The molecule has 25 heavy (non-hydrogen) atoms. The van der Waals surface area contributed by atoms with Gasteiger partial charge in [0.25, 0.3) is 0 Å². The maximum Gasteiger partial charge on any atom is 0.303 e. The van der Waals surface area contributed by atoms with E-state index < -0.39 is 17.3 Å². The van der Waals surface area contributed by atoms with Gasteiger partial charge in [0.1, 0.15) is 17.2 Å². The number of rotatable bonds is 0. The van der Waals surface area contributed by atoms with E-state index in [9.17, 15) is 15.0 Å². The molecule has 0 amide bonds. The standard InChI is InChI=1S/C20H12O5/c21-13-7-3-6-12-18(13)19(23)14(22)10-20(12)24-15-8-1-4-11-5-2-9-16(25-20)17(11)15/h1-10,21-22H. The van der Waals surface area contributed by atoms with Crippen LogP contribution in [0.25, 0.3) is 10.8 Å². The summed E-state index contributed by atoms with van der Waals surface area (Å²) in [4.78, 5) is 12.3. The first-order chi connectivity index (χ1) is 12.1. The summed E-state index contributed by atoms with van der Waals surface area (Å²) < 4.78 is 12.2. The zero-order valence-electron chi connectivity index (χ0n) is 12.9. The number of ketones is 1. The van der Waals surface area contributed by atoms with Crippen molar-refractivity contribution in [2.45, 2.75) is 5.79 Å². The lowest BCUT2D eigenvalue weighted by molar-refractivity contribution is -0.0863. The third kappa shape index (κ3) is 1.75. The van der Waals surface area contributed by atoms with Crippen LogP contribution in [0.5, 0.6) is 17.2 Å². The Morgan fingerprint density at radius 1 is 0.840 bits per heavy atom. The minimum absolute atomic E-state index is 0.0194. The summed E-state index contributed by atoms with van der Waals surface area (Å²) in [5.41, 5.74) is 0.330. The number of phenolic OH excluding ortho intramolecular Hbond substituents is 1. The van der Waals surface area contributed by atoms with Gasteiger partial charge in [-0.2, -0.15) is 0 Å².